The van der Waals surface area contributed by atoms with E-state index in [0.29, 0.717) is 29.8 Å². The summed E-state index contributed by atoms with van der Waals surface area (Å²) in [5.41, 5.74) is 6.18. The standard InChI is InChI=1S/C35H32N6O3/c1-5-44-28-20-12-10-18-26(28)37-33-35-38-34-30(22(2)39-41(34)23-14-7-6-8-15-23)31(24-16-13-21-29(42-3)32(24)43-4)40(35)27-19-11-9-17-25(27)36-33/h6-21,31H,5H2,1-4H3,(H,36,37)/t31-/m1/s1. The van der Waals surface area contributed by atoms with Gasteiger partial charge in [0.1, 0.15) is 5.75 Å². The van der Waals surface area contributed by atoms with Crippen LogP contribution in [-0.4, -0.2) is 42.3 Å². The number of aromatic nitrogens is 2. The molecule has 0 bridgehead atoms. The van der Waals surface area contributed by atoms with Gasteiger partial charge in [-0.3, -0.25) is 0 Å². The Morgan fingerprint density at radius 1 is 0.795 bits per heavy atom. The van der Waals surface area contributed by atoms with Gasteiger partial charge in [0.15, 0.2) is 29.0 Å². The second-order valence-electron chi connectivity index (χ2n) is 10.4. The van der Waals surface area contributed by atoms with E-state index in [4.69, 9.17) is 29.3 Å². The number of anilines is 2. The molecule has 1 N–H and O–H groups in total. The van der Waals surface area contributed by atoms with E-state index >= 15 is 0 Å². The van der Waals surface area contributed by atoms with E-state index in [0.717, 1.165) is 51.1 Å². The van der Waals surface area contributed by atoms with Gasteiger partial charge in [-0.15, -0.1) is 0 Å². The smallest absolute Gasteiger partial charge is 0.179 e. The van der Waals surface area contributed by atoms with Gasteiger partial charge in [0.25, 0.3) is 0 Å². The maximum Gasteiger partial charge on any atom is 0.179 e. The van der Waals surface area contributed by atoms with Crippen molar-refractivity contribution in [3.8, 4) is 22.9 Å². The predicted molar refractivity (Wildman–Crippen MR) is 174 cm³/mol. The van der Waals surface area contributed by atoms with Crippen LogP contribution in [0.3, 0.4) is 0 Å². The largest absolute Gasteiger partial charge is 0.493 e. The van der Waals surface area contributed by atoms with E-state index in [1.165, 1.54) is 0 Å². The van der Waals surface area contributed by atoms with Crippen molar-refractivity contribution in [1.82, 2.24) is 9.78 Å². The Hall–Kier alpha value is -5.57. The number of aliphatic imine (C=N–C) groups is 2. The summed E-state index contributed by atoms with van der Waals surface area (Å²) in [4.78, 5) is 12.7. The van der Waals surface area contributed by atoms with Crippen LogP contribution in [-0.2, 0) is 0 Å². The first kappa shape index (κ1) is 27.3. The van der Waals surface area contributed by atoms with Crippen LogP contribution < -0.4 is 24.4 Å². The molecule has 0 unspecified atom stereocenters. The average Bonchev–Trinajstić information content (AvgIpc) is 3.40. The lowest BCUT2D eigenvalue weighted by atomic mass is 9.92. The quantitative estimate of drug-likeness (QED) is 0.215. The molecular weight excluding hydrogens is 552 g/mol. The van der Waals surface area contributed by atoms with Gasteiger partial charge < -0.3 is 24.4 Å². The van der Waals surface area contributed by atoms with E-state index in [1.807, 2.05) is 103 Å². The van der Waals surface area contributed by atoms with Gasteiger partial charge in [-0.1, -0.05) is 54.6 Å². The third kappa shape index (κ3) is 4.44. The zero-order valence-electron chi connectivity index (χ0n) is 25.0. The van der Waals surface area contributed by atoms with Gasteiger partial charge in [0, 0.05) is 11.1 Å². The maximum absolute atomic E-state index is 6.02. The summed E-state index contributed by atoms with van der Waals surface area (Å²) in [6.07, 6.45) is 0. The van der Waals surface area contributed by atoms with Crippen LogP contribution in [0.2, 0.25) is 0 Å². The highest BCUT2D eigenvalue weighted by Crippen LogP contribution is 2.51. The molecule has 3 heterocycles. The molecule has 1 aromatic heterocycles. The summed E-state index contributed by atoms with van der Waals surface area (Å²) in [5, 5.41) is 8.59. The van der Waals surface area contributed by atoms with Crippen LogP contribution in [0.5, 0.6) is 17.2 Å². The fourth-order valence-corrected chi connectivity index (χ4v) is 5.95. The first-order chi connectivity index (χ1) is 21.6. The fraction of sp³-hybridized carbons (Fsp3) is 0.171. The van der Waals surface area contributed by atoms with E-state index in [9.17, 15) is 0 Å². The minimum absolute atomic E-state index is 0.365. The van der Waals surface area contributed by atoms with E-state index in [1.54, 1.807) is 14.2 Å². The molecule has 0 spiro atoms. The number of para-hydroxylation sites is 6. The predicted octanol–water partition coefficient (Wildman–Crippen LogP) is 7.39. The van der Waals surface area contributed by atoms with Gasteiger partial charge in [-0.2, -0.15) is 5.10 Å². The molecule has 0 aliphatic carbocycles. The summed E-state index contributed by atoms with van der Waals surface area (Å²) in [5.74, 6) is 3.99. The molecule has 0 amide bonds. The summed E-state index contributed by atoms with van der Waals surface area (Å²) >= 11 is 0. The number of methoxy groups -OCH3 is 2. The third-order valence-electron chi connectivity index (χ3n) is 7.81. The minimum atomic E-state index is -0.365. The molecule has 5 aromatic rings. The fourth-order valence-electron chi connectivity index (χ4n) is 5.95. The minimum Gasteiger partial charge on any atom is -0.493 e. The second-order valence-corrected chi connectivity index (χ2v) is 10.4. The molecule has 2 aliphatic rings. The van der Waals surface area contributed by atoms with Crippen molar-refractivity contribution in [2.75, 3.05) is 31.0 Å². The summed E-state index contributed by atoms with van der Waals surface area (Å²) in [6.45, 7) is 4.54. The molecule has 7 rings (SSSR count). The Kier molecular flexibility index (Phi) is 6.98. The first-order valence-electron chi connectivity index (χ1n) is 14.5. The highest BCUT2D eigenvalue weighted by atomic mass is 16.5. The zero-order valence-corrected chi connectivity index (χ0v) is 25.0. The van der Waals surface area contributed by atoms with Crippen LogP contribution in [0.25, 0.3) is 5.69 Å². The van der Waals surface area contributed by atoms with Gasteiger partial charge in [-0.05, 0) is 56.3 Å². The molecule has 0 radical (unpaired) electrons. The van der Waals surface area contributed by atoms with Crippen LogP contribution in [0, 0.1) is 6.92 Å². The Balaban J connectivity index is 1.52. The van der Waals surface area contributed by atoms with Crippen LogP contribution in [0.4, 0.5) is 22.9 Å². The number of fused-ring (bicyclic) bond motifs is 4. The molecule has 0 fully saturated rings. The summed E-state index contributed by atoms with van der Waals surface area (Å²) < 4.78 is 19.6. The number of amidine groups is 2. The number of nitrogens with zero attached hydrogens (tertiary/aromatic N) is 5. The Labute approximate surface area is 256 Å². The topological polar surface area (TPSA) is 85.5 Å². The van der Waals surface area contributed by atoms with E-state index in [2.05, 4.69) is 22.3 Å². The summed E-state index contributed by atoms with van der Waals surface area (Å²) in [6, 6.07) is 31.6. The molecule has 9 nitrogen and oxygen atoms in total. The molecule has 1 atom stereocenters. The summed E-state index contributed by atoms with van der Waals surface area (Å²) in [7, 11) is 3.32. The van der Waals surface area contributed by atoms with Crippen LogP contribution in [0.15, 0.2) is 107 Å². The van der Waals surface area contributed by atoms with Crippen LogP contribution >= 0.6 is 0 Å². The molecule has 9 heteroatoms. The average molecular weight is 585 g/mol. The molecule has 0 saturated heterocycles. The van der Waals surface area contributed by atoms with Gasteiger partial charge in [0.2, 0.25) is 0 Å². The lowest BCUT2D eigenvalue weighted by molar-refractivity contribution is 0.342. The number of ether oxygens (including phenoxy) is 3. The number of nitrogens with one attached hydrogen (secondary N) is 1. The Bertz CT molecular complexity index is 1910. The van der Waals surface area contributed by atoms with Crippen molar-refractivity contribution in [1.29, 1.82) is 0 Å². The maximum atomic E-state index is 6.02. The lowest BCUT2D eigenvalue weighted by Crippen LogP contribution is -2.46. The number of hydrogen-bond donors (Lipinski definition) is 1. The lowest BCUT2D eigenvalue weighted by Gasteiger charge is -2.41. The van der Waals surface area contributed by atoms with Crippen molar-refractivity contribution in [2.45, 2.75) is 19.9 Å². The molecule has 2 aliphatic heterocycles. The highest BCUT2D eigenvalue weighted by molar-refractivity contribution is 6.51. The van der Waals surface area contributed by atoms with Crippen molar-refractivity contribution in [2.24, 2.45) is 9.98 Å². The zero-order chi connectivity index (χ0) is 30.2. The molecule has 44 heavy (non-hydrogen) atoms. The van der Waals surface area contributed by atoms with Crippen LogP contribution in [0.1, 0.15) is 29.8 Å². The van der Waals surface area contributed by atoms with E-state index in [-0.39, 0.29) is 6.04 Å². The monoisotopic (exact) mass is 584 g/mol. The Morgan fingerprint density at radius 2 is 1.55 bits per heavy atom. The van der Waals surface area contributed by atoms with Gasteiger partial charge in [0.05, 0.1) is 55.3 Å². The second kappa shape index (κ2) is 11.3. The SMILES string of the molecule is CCOc1ccccc1NC1=Nc2ccccc2N2C1=Nc1c(c(C)nn1-c1ccccc1)[C@H]2c1cccc(OC)c1OC. The Morgan fingerprint density at radius 3 is 2.34 bits per heavy atom. The van der Waals surface area contributed by atoms with Gasteiger partial charge in [-0.25, -0.2) is 14.7 Å². The first-order valence-corrected chi connectivity index (χ1v) is 14.5. The molecular formula is C35H32N6O3. The molecule has 220 valence electrons. The van der Waals surface area contributed by atoms with Gasteiger partial charge >= 0.3 is 0 Å². The number of rotatable bonds is 7. The van der Waals surface area contributed by atoms with Crippen molar-refractivity contribution in [3.05, 3.63) is 114 Å². The van der Waals surface area contributed by atoms with Crippen molar-refractivity contribution >= 4 is 34.6 Å². The number of aryl methyl sites for hydroxylation is 1. The number of benzene rings is 4. The highest BCUT2D eigenvalue weighted by Gasteiger charge is 2.43. The van der Waals surface area contributed by atoms with E-state index < -0.39 is 0 Å². The normalized spacial score (nSPS) is 14.9. The molecule has 0 saturated carbocycles. The third-order valence-corrected chi connectivity index (χ3v) is 7.81. The van der Waals surface area contributed by atoms with Crippen molar-refractivity contribution < 1.29 is 14.2 Å². The molecule has 4 aromatic carbocycles. The number of hydrogen-bond acceptors (Lipinski definition) is 8. The van der Waals surface area contributed by atoms with Crippen molar-refractivity contribution in [3.63, 3.8) is 0 Å².